The van der Waals surface area contributed by atoms with Crippen molar-refractivity contribution in [2.75, 3.05) is 18.0 Å². The van der Waals surface area contributed by atoms with E-state index < -0.39 is 0 Å². The van der Waals surface area contributed by atoms with Gasteiger partial charge in [-0.05, 0) is 42.5 Å². The molecule has 1 saturated heterocycles. The summed E-state index contributed by atoms with van der Waals surface area (Å²) in [6.45, 7) is 3.12. The first-order valence-corrected chi connectivity index (χ1v) is 9.53. The Morgan fingerprint density at radius 2 is 1.89 bits per heavy atom. The number of hydrogen-bond donors (Lipinski definition) is 2. The molecule has 0 bridgehead atoms. The van der Waals surface area contributed by atoms with Crippen LogP contribution in [0.4, 0.5) is 5.69 Å². The van der Waals surface area contributed by atoms with E-state index in [1.807, 2.05) is 28.8 Å². The van der Waals surface area contributed by atoms with Crippen molar-refractivity contribution in [3.05, 3.63) is 65.6 Å². The van der Waals surface area contributed by atoms with Gasteiger partial charge in [0, 0.05) is 44.3 Å². The van der Waals surface area contributed by atoms with Crippen molar-refractivity contribution in [3.63, 3.8) is 0 Å². The number of rotatable bonds is 5. The number of anilines is 1. The van der Waals surface area contributed by atoms with Crippen LogP contribution in [0.5, 0.6) is 0 Å². The molecule has 0 radical (unpaired) electrons. The van der Waals surface area contributed by atoms with Gasteiger partial charge in [-0.25, -0.2) is 4.98 Å². The molecule has 27 heavy (non-hydrogen) atoms. The van der Waals surface area contributed by atoms with E-state index in [0.717, 1.165) is 29.9 Å². The molecule has 4 rings (SSSR count). The molecule has 0 saturated carbocycles. The molecule has 2 aromatic heterocycles. The van der Waals surface area contributed by atoms with Crippen molar-refractivity contribution in [1.82, 2.24) is 14.7 Å². The lowest BCUT2D eigenvalue weighted by molar-refractivity contribution is 0.0946. The van der Waals surface area contributed by atoms with Gasteiger partial charge in [0.1, 0.15) is 11.3 Å². The maximum absolute atomic E-state index is 12.6. The van der Waals surface area contributed by atoms with Gasteiger partial charge in [-0.2, -0.15) is 0 Å². The van der Waals surface area contributed by atoms with Crippen LogP contribution in [0.15, 0.2) is 48.8 Å². The van der Waals surface area contributed by atoms with Crippen LogP contribution in [0.3, 0.4) is 0 Å². The monoisotopic (exact) mass is 363 g/mol. The summed E-state index contributed by atoms with van der Waals surface area (Å²) in [5.74, 6) is -0.165. The normalized spacial score (nSPS) is 14.5. The fourth-order valence-corrected chi connectivity index (χ4v) is 3.64. The van der Waals surface area contributed by atoms with Gasteiger partial charge >= 0.3 is 0 Å². The highest BCUT2D eigenvalue weighted by Crippen LogP contribution is 2.24. The SMILES string of the molecule is NCc1ccc2nc(C(=O)NCc3ccccc3N3CCCCC3)cn2c1. The molecule has 1 fully saturated rings. The highest BCUT2D eigenvalue weighted by Gasteiger charge is 2.16. The number of nitrogens with two attached hydrogens (primary N) is 1. The Morgan fingerprint density at radius 1 is 1.07 bits per heavy atom. The Hall–Kier alpha value is -2.86. The summed E-state index contributed by atoms with van der Waals surface area (Å²) in [7, 11) is 0. The maximum Gasteiger partial charge on any atom is 0.271 e. The molecular formula is C21H25N5O. The molecule has 1 aliphatic heterocycles. The molecule has 3 N–H and O–H groups in total. The standard InChI is InChI=1S/C21H25N5O/c22-12-16-8-9-20-24-18(15-26(20)14-16)21(27)23-13-17-6-2-3-7-19(17)25-10-4-1-5-11-25/h2-3,6-9,14-15H,1,4-5,10-13,22H2,(H,23,27). The van der Waals surface area contributed by atoms with Crippen molar-refractivity contribution < 1.29 is 4.79 Å². The Bertz CT molecular complexity index is 943. The molecule has 3 heterocycles. The predicted molar refractivity (Wildman–Crippen MR) is 107 cm³/mol. The Kier molecular flexibility index (Phi) is 5.07. The summed E-state index contributed by atoms with van der Waals surface area (Å²) < 4.78 is 1.85. The van der Waals surface area contributed by atoms with E-state index in [2.05, 4.69) is 33.4 Å². The number of nitrogens with one attached hydrogen (secondary N) is 1. The third-order valence-electron chi connectivity index (χ3n) is 5.11. The van der Waals surface area contributed by atoms with E-state index in [0.29, 0.717) is 18.8 Å². The zero-order chi connectivity index (χ0) is 18.6. The zero-order valence-electron chi connectivity index (χ0n) is 15.4. The third-order valence-corrected chi connectivity index (χ3v) is 5.11. The van der Waals surface area contributed by atoms with Gasteiger partial charge in [-0.3, -0.25) is 4.79 Å². The van der Waals surface area contributed by atoms with Crippen LogP contribution in [-0.2, 0) is 13.1 Å². The largest absolute Gasteiger partial charge is 0.371 e. The molecule has 0 aliphatic carbocycles. The van der Waals surface area contributed by atoms with Crippen LogP contribution in [0.2, 0.25) is 0 Å². The lowest BCUT2D eigenvalue weighted by atomic mass is 10.1. The minimum absolute atomic E-state index is 0.165. The molecule has 1 amide bonds. The summed E-state index contributed by atoms with van der Waals surface area (Å²) in [6, 6.07) is 12.1. The molecule has 1 aliphatic rings. The first-order chi connectivity index (χ1) is 13.2. The number of piperidine rings is 1. The van der Waals surface area contributed by atoms with E-state index in [1.54, 1.807) is 6.20 Å². The molecule has 6 nitrogen and oxygen atoms in total. The van der Waals surface area contributed by atoms with Gasteiger partial charge in [0.15, 0.2) is 0 Å². The molecule has 0 atom stereocenters. The van der Waals surface area contributed by atoms with E-state index in [4.69, 9.17) is 5.73 Å². The van der Waals surface area contributed by atoms with Gasteiger partial charge < -0.3 is 20.4 Å². The molecule has 6 heteroatoms. The average Bonchev–Trinajstić information content (AvgIpc) is 3.16. The number of imidazole rings is 1. The van der Waals surface area contributed by atoms with E-state index in [-0.39, 0.29) is 5.91 Å². The number of nitrogens with zero attached hydrogens (tertiary/aromatic N) is 3. The number of para-hydroxylation sites is 1. The first-order valence-electron chi connectivity index (χ1n) is 9.53. The Labute approximate surface area is 159 Å². The topological polar surface area (TPSA) is 75.7 Å². The summed E-state index contributed by atoms with van der Waals surface area (Å²) in [5.41, 5.74) is 10.2. The predicted octanol–water partition coefficient (Wildman–Crippen LogP) is 2.71. The van der Waals surface area contributed by atoms with Crippen LogP contribution >= 0.6 is 0 Å². The lowest BCUT2D eigenvalue weighted by Crippen LogP contribution is -2.31. The number of pyridine rings is 1. The summed E-state index contributed by atoms with van der Waals surface area (Å²) in [4.78, 5) is 19.4. The first kappa shape index (κ1) is 17.5. The second-order valence-electron chi connectivity index (χ2n) is 6.99. The number of hydrogen-bond acceptors (Lipinski definition) is 4. The number of carbonyl (C=O) groups is 1. The zero-order valence-corrected chi connectivity index (χ0v) is 15.4. The van der Waals surface area contributed by atoms with Crippen molar-refractivity contribution in [1.29, 1.82) is 0 Å². The lowest BCUT2D eigenvalue weighted by Gasteiger charge is -2.30. The van der Waals surface area contributed by atoms with Crippen LogP contribution in [-0.4, -0.2) is 28.4 Å². The maximum atomic E-state index is 12.6. The Morgan fingerprint density at radius 3 is 2.70 bits per heavy atom. The molecular weight excluding hydrogens is 338 g/mol. The smallest absolute Gasteiger partial charge is 0.271 e. The van der Waals surface area contributed by atoms with Gasteiger partial charge in [0.25, 0.3) is 5.91 Å². The third kappa shape index (κ3) is 3.80. The molecule has 1 aromatic carbocycles. The quantitative estimate of drug-likeness (QED) is 0.731. The van der Waals surface area contributed by atoms with E-state index >= 15 is 0 Å². The highest BCUT2D eigenvalue weighted by molar-refractivity contribution is 5.92. The number of carbonyl (C=O) groups excluding carboxylic acids is 1. The van der Waals surface area contributed by atoms with Gasteiger partial charge in [-0.15, -0.1) is 0 Å². The number of benzene rings is 1. The number of aromatic nitrogens is 2. The van der Waals surface area contributed by atoms with Crippen molar-refractivity contribution in [2.45, 2.75) is 32.4 Å². The minimum atomic E-state index is -0.165. The van der Waals surface area contributed by atoms with Crippen LogP contribution in [0.1, 0.15) is 40.9 Å². The van der Waals surface area contributed by atoms with Crippen molar-refractivity contribution in [2.24, 2.45) is 5.73 Å². The average molecular weight is 363 g/mol. The van der Waals surface area contributed by atoms with Crippen LogP contribution in [0.25, 0.3) is 5.65 Å². The van der Waals surface area contributed by atoms with Gasteiger partial charge in [-0.1, -0.05) is 24.3 Å². The molecule has 3 aromatic rings. The van der Waals surface area contributed by atoms with E-state index in [1.165, 1.54) is 24.9 Å². The summed E-state index contributed by atoms with van der Waals surface area (Å²) >= 11 is 0. The molecule has 0 unspecified atom stereocenters. The highest BCUT2D eigenvalue weighted by atomic mass is 16.1. The van der Waals surface area contributed by atoms with Gasteiger partial charge in [0.2, 0.25) is 0 Å². The second-order valence-corrected chi connectivity index (χ2v) is 6.99. The Balaban J connectivity index is 1.48. The van der Waals surface area contributed by atoms with Crippen molar-refractivity contribution in [3.8, 4) is 0 Å². The number of fused-ring (bicyclic) bond motifs is 1. The summed E-state index contributed by atoms with van der Waals surface area (Å²) in [5, 5.41) is 3.02. The minimum Gasteiger partial charge on any atom is -0.371 e. The van der Waals surface area contributed by atoms with E-state index in [9.17, 15) is 4.79 Å². The van der Waals surface area contributed by atoms with Crippen molar-refractivity contribution >= 4 is 17.2 Å². The number of amides is 1. The summed E-state index contributed by atoms with van der Waals surface area (Å²) in [6.07, 6.45) is 7.42. The fourth-order valence-electron chi connectivity index (χ4n) is 3.64. The van der Waals surface area contributed by atoms with Crippen LogP contribution in [0, 0.1) is 0 Å². The fraction of sp³-hybridized carbons (Fsp3) is 0.333. The van der Waals surface area contributed by atoms with Crippen LogP contribution < -0.4 is 16.0 Å². The molecule has 0 spiro atoms. The van der Waals surface area contributed by atoms with Gasteiger partial charge in [0.05, 0.1) is 0 Å². The second kappa shape index (κ2) is 7.80. The molecule has 140 valence electrons.